The van der Waals surface area contributed by atoms with Crippen LogP contribution in [0.4, 0.5) is 0 Å². The molecule has 1 aliphatic rings. The Bertz CT molecular complexity index is 99.8. The third-order valence-corrected chi connectivity index (χ3v) is 1.03. The summed E-state index contributed by atoms with van der Waals surface area (Å²) in [6.07, 6.45) is -0.358. The Morgan fingerprint density at radius 3 is 2.75 bits per heavy atom. The van der Waals surface area contributed by atoms with Crippen molar-refractivity contribution in [2.45, 2.75) is 13.0 Å². The average molecular weight is 116 g/mol. The van der Waals surface area contributed by atoms with E-state index in [4.69, 9.17) is 4.74 Å². The van der Waals surface area contributed by atoms with E-state index in [1.165, 1.54) is 0 Å². The molecule has 0 N–H and O–H groups in total. The largest absolute Gasteiger partial charge is 0.461 e. The molecule has 0 saturated carbocycles. The van der Waals surface area contributed by atoms with Crippen LogP contribution in [0.3, 0.4) is 0 Å². The highest BCUT2D eigenvalue weighted by molar-refractivity contribution is 5.74. The number of rotatable bonds is 0. The fourth-order valence-corrected chi connectivity index (χ4v) is 0.553. The van der Waals surface area contributed by atoms with Gasteiger partial charge in [0.1, 0.15) is 6.61 Å². The molecule has 0 amide bonds. The summed E-state index contributed by atoms with van der Waals surface area (Å²) in [7, 11) is 0. The summed E-state index contributed by atoms with van der Waals surface area (Å²) in [5.41, 5.74) is 0. The van der Waals surface area contributed by atoms with Gasteiger partial charge in [-0.05, 0) is 6.92 Å². The predicted molar refractivity (Wildman–Crippen MR) is 26.4 cm³/mol. The summed E-state index contributed by atoms with van der Waals surface area (Å²) in [6, 6.07) is 0. The standard InChI is InChI=1S/C5H8O3/c1-4-5(6)8-3-2-7-4/h4H,2-3H2,1H3/t4-/m1/s1. The third kappa shape index (κ3) is 0.980. The Balaban J connectivity index is 2.39. The summed E-state index contributed by atoms with van der Waals surface area (Å²) in [5, 5.41) is 0. The Morgan fingerprint density at radius 1 is 1.62 bits per heavy atom. The van der Waals surface area contributed by atoms with Crippen molar-refractivity contribution in [1.29, 1.82) is 0 Å². The minimum atomic E-state index is -0.358. The van der Waals surface area contributed by atoms with Crippen molar-refractivity contribution in [3.63, 3.8) is 0 Å². The smallest absolute Gasteiger partial charge is 0.335 e. The van der Waals surface area contributed by atoms with Gasteiger partial charge in [-0.25, -0.2) is 4.79 Å². The van der Waals surface area contributed by atoms with Crippen LogP contribution in [0.15, 0.2) is 0 Å². The van der Waals surface area contributed by atoms with E-state index in [1.54, 1.807) is 6.92 Å². The molecule has 1 heterocycles. The molecule has 0 aliphatic carbocycles. The van der Waals surface area contributed by atoms with E-state index < -0.39 is 0 Å². The van der Waals surface area contributed by atoms with Gasteiger partial charge in [-0.1, -0.05) is 0 Å². The van der Waals surface area contributed by atoms with E-state index in [9.17, 15) is 4.79 Å². The fraction of sp³-hybridized carbons (Fsp3) is 0.800. The molecule has 0 radical (unpaired) electrons. The zero-order chi connectivity index (χ0) is 5.98. The zero-order valence-electron chi connectivity index (χ0n) is 4.72. The van der Waals surface area contributed by atoms with E-state index in [-0.39, 0.29) is 12.1 Å². The van der Waals surface area contributed by atoms with Crippen molar-refractivity contribution >= 4 is 5.97 Å². The minimum Gasteiger partial charge on any atom is -0.461 e. The van der Waals surface area contributed by atoms with E-state index in [2.05, 4.69) is 4.74 Å². The zero-order valence-corrected chi connectivity index (χ0v) is 4.72. The maximum Gasteiger partial charge on any atom is 0.335 e. The molecule has 1 aliphatic heterocycles. The topological polar surface area (TPSA) is 35.5 Å². The SMILES string of the molecule is C[C@H]1OCCOC1=O. The molecular formula is C5H8O3. The third-order valence-electron chi connectivity index (χ3n) is 1.03. The molecular weight excluding hydrogens is 108 g/mol. The number of hydrogen-bond acceptors (Lipinski definition) is 3. The molecule has 0 unspecified atom stereocenters. The van der Waals surface area contributed by atoms with Crippen molar-refractivity contribution in [1.82, 2.24) is 0 Å². The van der Waals surface area contributed by atoms with Crippen molar-refractivity contribution < 1.29 is 14.3 Å². The Morgan fingerprint density at radius 2 is 2.38 bits per heavy atom. The minimum absolute atomic E-state index is 0.253. The van der Waals surface area contributed by atoms with Gasteiger partial charge < -0.3 is 9.47 Å². The van der Waals surface area contributed by atoms with Crippen molar-refractivity contribution in [2.75, 3.05) is 13.2 Å². The van der Waals surface area contributed by atoms with Gasteiger partial charge in [0.25, 0.3) is 0 Å². The molecule has 0 bridgehead atoms. The Kier molecular flexibility index (Phi) is 1.48. The number of cyclic esters (lactones) is 1. The molecule has 0 aromatic rings. The van der Waals surface area contributed by atoms with Crippen LogP contribution >= 0.6 is 0 Å². The van der Waals surface area contributed by atoms with Gasteiger partial charge in [-0.3, -0.25) is 0 Å². The van der Waals surface area contributed by atoms with E-state index in [1.807, 2.05) is 0 Å². The van der Waals surface area contributed by atoms with Crippen LogP contribution in [0, 0.1) is 0 Å². The van der Waals surface area contributed by atoms with Gasteiger partial charge >= 0.3 is 5.97 Å². The average Bonchev–Trinajstić information content (AvgIpc) is 1.77. The molecule has 1 rings (SSSR count). The maximum atomic E-state index is 10.4. The summed E-state index contributed by atoms with van der Waals surface area (Å²) in [5.74, 6) is -0.253. The van der Waals surface area contributed by atoms with Crippen LogP contribution in [0.5, 0.6) is 0 Å². The van der Waals surface area contributed by atoms with E-state index >= 15 is 0 Å². The molecule has 0 spiro atoms. The van der Waals surface area contributed by atoms with Gasteiger partial charge in [-0.2, -0.15) is 0 Å². The Hall–Kier alpha value is -0.570. The van der Waals surface area contributed by atoms with Crippen LogP contribution in [0.25, 0.3) is 0 Å². The molecule has 1 atom stereocenters. The molecule has 1 fully saturated rings. The summed E-state index contributed by atoms with van der Waals surface area (Å²) < 4.78 is 9.54. The number of ether oxygens (including phenoxy) is 2. The quantitative estimate of drug-likeness (QED) is 0.416. The summed E-state index contributed by atoms with van der Waals surface area (Å²) in [4.78, 5) is 10.4. The van der Waals surface area contributed by atoms with Gasteiger partial charge in [0.05, 0.1) is 6.61 Å². The first kappa shape index (κ1) is 5.56. The van der Waals surface area contributed by atoms with Crippen molar-refractivity contribution in [3.8, 4) is 0 Å². The first-order valence-electron chi connectivity index (χ1n) is 2.59. The van der Waals surface area contributed by atoms with Gasteiger partial charge in [0.15, 0.2) is 6.10 Å². The summed E-state index contributed by atoms with van der Waals surface area (Å²) >= 11 is 0. The maximum absolute atomic E-state index is 10.4. The highest BCUT2D eigenvalue weighted by Gasteiger charge is 2.18. The molecule has 3 nitrogen and oxygen atoms in total. The van der Waals surface area contributed by atoms with Crippen molar-refractivity contribution in [2.24, 2.45) is 0 Å². The molecule has 3 heteroatoms. The second-order valence-corrected chi connectivity index (χ2v) is 1.68. The fourth-order valence-electron chi connectivity index (χ4n) is 0.553. The lowest BCUT2D eigenvalue weighted by Gasteiger charge is -2.17. The molecule has 0 aromatic heterocycles. The lowest BCUT2D eigenvalue weighted by atomic mass is 10.4. The van der Waals surface area contributed by atoms with Gasteiger partial charge in [0, 0.05) is 0 Å². The molecule has 46 valence electrons. The highest BCUT2D eigenvalue weighted by Crippen LogP contribution is 1.99. The molecule has 0 aromatic carbocycles. The number of hydrogen-bond donors (Lipinski definition) is 0. The Labute approximate surface area is 47.6 Å². The van der Waals surface area contributed by atoms with Gasteiger partial charge in [0.2, 0.25) is 0 Å². The second-order valence-electron chi connectivity index (χ2n) is 1.68. The van der Waals surface area contributed by atoms with Crippen molar-refractivity contribution in [3.05, 3.63) is 0 Å². The predicted octanol–water partition coefficient (Wildman–Crippen LogP) is -0.0517. The first-order valence-corrected chi connectivity index (χ1v) is 2.59. The lowest BCUT2D eigenvalue weighted by molar-refractivity contribution is -0.169. The summed E-state index contributed by atoms with van der Waals surface area (Å²) in [6.45, 7) is 2.62. The molecule has 1 saturated heterocycles. The van der Waals surface area contributed by atoms with Crippen LogP contribution in [-0.4, -0.2) is 25.3 Å². The second kappa shape index (κ2) is 2.13. The van der Waals surface area contributed by atoms with Crippen LogP contribution in [0.1, 0.15) is 6.92 Å². The van der Waals surface area contributed by atoms with Crippen LogP contribution in [-0.2, 0) is 14.3 Å². The van der Waals surface area contributed by atoms with Gasteiger partial charge in [-0.15, -0.1) is 0 Å². The first-order chi connectivity index (χ1) is 3.80. The van der Waals surface area contributed by atoms with Crippen LogP contribution < -0.4 is 0 Å². The molecule has 8 heavy (non-hydrogen) atoms. The number of carbonyl (C=O) groups is 1. The highest BCUT2D eigenvalue weighted by atomic mass is 16.6. The number of esters is 1. The van der Waals surface area contributed by atoms with E-state index in [0.717, 1.165) is 0 Å². The normalized spacial score (nSPS) is 29.6. The lowest BCUT2D eigenvalue weighted by Crippen LogP contribution is -2.31. The van der Waals surface area contributed by atoms with E-state index in [0.29, 0.717) is 13.2 Å². The monoisotopic (exact) mass is 116 g/mol. The van der Waals surface area contributed by atoms with Crippen LogP contribution in [0.2, 0.25) is 0 Å². The number of carbonyl (C=O) groups excluding carboxylic acids is 1.